The van der Waals surface area contributed by atoms with Gasteiger partial charge in [-0.15, -0.1) is 0 Å². The zero-order valence-electron chi connectivity index (χ0n) is 16.2. The highest BCUT2D eigenvalue weighted by Crippen LogP contribution is 2.30. The minimum Gasteiger partial charge on any atom is -0.497 e. The minimum absolute atomic E-state index is 0.106. The number of pyridine rings is 1. The zero-order valence-corrected chi connectivity index (χ0v) is 17.0. The number of nitrogens with one attached hydrogen (secondary N) is 1. The fourth-order valence-electron chi connectivity index (χ4n) is 3.33. The molecule has 3 heterocycles. The molecule has 1 amide bonds. The molecule has 0 saturated heterocycles. The van der Waals surface area contributed by atoms with Gasteiger partial charge in [0.25, 0.3) is 5.91 Å². The van der Waals surface area contributed by atoms with Gasteiger partial charge in [-0.2, -0.15) is 0 Å². The molecule has 5 rings (SSSR count). The van der Waals surface area contributed by atoms with Crippen molar-refractivity contribution in [2.75, 3.05) is 7.11 Å². The summed E-state index contributed by atoms with van der Waals surface area (Å²) >= 11 is 1.57. The van der Waals surface area contributed by atoms with Gasteiger partial charge in [-0.05, 0) is 54.1 Å². The van der Waals surface area contributed by atoms with Crippen LogP contribution in [0.2, 0.25) is 0 Å². The summed E-state index contributed by atoms with van der Waals surface area (Å²) in [5.74, 6) is 0.713. The number of aromatic nitrogens is 3. The lowest BCUT2D eigenvalue weighted by Gasteiger charge is -2.05. The van der Waals surface area contributed by atoms with Crippen molar-refractivity contribution in [3.05, 3.63) is 84.3 Å². The Balaban J connectivity index is 1.40. The molecule has 0 bridgehead atoms. The molecule has 0 aliphatic heterocycles. The van der Waals surface area contributed by atoms with Gasteiger partial charge < -0.3 is 10.1 Å². The number of thiazole rings is 1. The van der Waals surface area contributed by atoms with Crippen molar-refractivity contribution < 1.29 is 9.53 Å². The maximum Gasteiger partial charge on any atom is 0.251 e. The first-order valence-corrected chi connectivity index (χ1v) is 10.3. The third-order valence-corrected chi connectivity index (χ3v) is 5.94. The van der Waals surface area contributed by atoms with Crippen LogP contribution in [0, 0.1) is 0 Å². The number of carbonyl (C=O) groups is 1. The van der Waals surface area contributed by atoms with Gasteiger partial charge in [0, 0.05) is 36.3 Å². The first kappa shape index (κ1) is 18.3. The van der Waals surface area contributed by atoms with Gasteiger partial charge in [0.05, 0.1) is 23.0 Å². The summed E-state index contributed by atoms with van der Waals surface area (Å²) in [4.78, 5) is 22.3. The predicted molar refractivity (Wildman–Crippen MR) is 118 cm³/mol. The largest absolute Gasteiger partial charge is 0.497 e. The Labute approximate surface area is 176 Å². The van der Waals surface area contributed by atoms with Crippen LogP contribution in [-0.4, -0.2) is 27.4 Å². The van der Waals surface area contributed by atoms with E-state index in [-0.39, 0.29) is 5.91 Å². The van der Waals surface area contributed by atoms with Crippen LogP contribution < -0.4 is 10.1 Å². The van der Waals surface area contributed by atoms with Crippen molar-refractivity contribution >= 4 is 32.4 Å². The second-order valence-corrected chi connectivity index (χ2v) is 7.84. The van der Waals surface area contributed by atoms with E-state index in [1.54, 1.807) is 30.8 Å². The molecule has 0 radical (unpaired) electrons. The number of amides is 1. The lowest BCUT2D eigenvalue weighted by atomic mass is 10.1. The number of methoxy groups -OCH3 is 1. The van der Waals surface area contributed by atoms with E-state index in [4.69, 9.17) is 9.72 Å². The molecule has 30 heavy (non-hydrogen) atoms. The Morgan fingerprint density at radius 2 is 2.03 bits per heavy atom. The Bertz CT molecular complexity index is 1340. The Kier molecular flexibility index (Phi) is 4.65. The number of fused-ring (bicyclic) bond motifs is 3. The molecule has 0 atom stereocenters. The summed E-state index contributed by atoms with van der Waals surface area (Å²) < 4.78 is 8.31. The molecule has 6 nitrogen and oxygen atoms in total. The monoisotopic (exact) mass is 414 g/mol. The van der Waals surface area contributed by atoms with Crippen LogP contribution in [-0.2, 0) is 6.54 Å². The van der Waals surface area contributed by atoms with E-state index in [0.29, 0.717) is 12.1 Å². The highest BCUT2D eigenvalue weighted by atomic mass is 32.1. The topological polar surface area (TPSA) is 68.5 Å². The molecule has 5 aromatic rings. The van der Waals surface area contributed by atoms with Crippen molar-refractivity contribution in [1.29, 1.82) is 0 Å². The SMILES string of the molecule is COc1ccc(-c2cn3c(n2)sc2cc(C(=O)NCc4cccnc4)ccc23)cc1. The van der Waals surface area contributed by atoms with Gasteiger partial charge in [-0.25, -0.2) is 4.98 Å². The third-order valence-electron chi connectivity index (χ3n) is 4.92. The molecular weight excluding hydrogens is 396 g/mol. The lowest BCUT2D eigenvalue weighted by molar-refractivity contribution is 0.0951. The van der Waals surface area contributed by atoms with Crippen molar-refractivity contribution in [2.45, 2.75) is 6.54 Å². The Morgan fingerprint density at radius 1 is 1.17 bits per heavy atom. The highest BCUT2D eigenvalue weighted by Gasteiger charge is 2.13. The summed E-state index contributed by atoms with van der Waals surface area (Å²) in [7, 11) is 1.65. The smallest absolute Gasteiger partial charge is 0.251 e. The quantitative estimate of drug-likeness (QED) is 0.458. The first-order chi connectivity index (χ1) is 14.7. The molecule has 0 fully saturated rings. The second kappa shape index (κ2) is 7.61. The average molecular weight is 414 g/mol. The molecule has 1 N–H and O–H groups in total. The molecule has 0 spiro atoms. The molecule has 0 aliphatic rings. The fourth-order valence-corrected chi connectivity index (χ4v) is 4.38. The third kappa shape index (κ3) is 3.40. The van der Waals surface area contributed by atoms with Crippen molar-refractivity contribution in [3.8, 4) is 17.0 Å². The normalized spacial score (nSPS) is 11.1. The number of hydrogen-bond acceptors (Lipinski definition) is 5. The molecule has 148 valence electrons. The summed E-state index contributed by atoms with van der Waals surface area (Å²) in [6.45, 7) is 0.448. The predicted octanol–water partition coefficient (Wildman–Crippen LogP) is 4.55. The van der Waals surface area contributed by atoms with Crippen molar-refractivity contribution in [3.63, 3.8) is 0 Å². The summed E-state index contributed by atoms with van der Waals surface area (Å²) in [6, 6.07) is 17.4. The molecule has 0 aliphatic carbocycles. The standard InChI is InChI=1S/C23H18N4O2S/c1-29-18-7-4-16(5-8-18)19-14-27-20-9-6-17(11-21(20)30-23(27)26-19)22(28)25-13-15-3-2-10-24-12-15/h2-12,14H,13H2,1H3,(H,25,28). The number of carbonyl (C=O) groups excluding carboxylic acids is 1. The number of benzene rings is 2. The molecule has 2 aromatic carbocycles. The van der Waals surface area contributed by atoms with E-state index in [0.717, 1.165) is 37.7 Å². The van der Waals surface area contributed by atoms with Crippen LogP contribution in [0.3, 0.4) is 0 Å². The van der Waals surface area contributed by atoms with Crippen LogP contribution in [0.25, 0.3) is 26.4 Å². The summed E-state index contributed by atoms with van der Waals surface area (Å²) in [5.41, 5.74) is 4.57. The average Bonchev–Trinajstić information content (AvgIpc) is 3.36. The van der Waals surface area contributed by atoms with E-state index < -0.39 is 0 Å². The van der Waals surface area contributed by atoms with Crippen LogP contribution in [0.15, 0.2) is 73.2 Å². The van der Waals surface area contributed by atoms with Crippen molar-refractivity contribution in [1.82, 2.24) is 19.7 Å². The Hall–Kier alpha value is -3.71. The second-order valence-electron chi connectivity index (χ2n) is 6.84. The molecule has 3 aromatic heterocycles. The van der Waals surface area contributed by atoms with Crippen LogP contribution in [0.4, 0.5) is 0 Å². The van der Waals surface area contributed by atoms with Crippen LogP contribution in [0.5, 0.6) is 5.75 Å². The fraction of sp³-hybridized carbons (Fsp3) is 0.0870. The van der Waals surface area contributed by atoms with Gasteiger partial charge in [-0.1, -0.05) is 17.4 Å². The minimum atomic E-state index is -0.106. The van der Waals surface area contributed by atoms with E-state index in [1.807, 2.05) is 60.8 Å². The van der Waals surface area contributed by atoms with Gasteiger partial charge in [0.2, 0.25) is 0 Å². The maximum absolute atomic E-state index is 12.5. The van der Waals surface area contributed by atoms with Gasteiger partial charge in [0.1, 0.15) is 5.75 Å². The van der Waals surface area contributed by atoms with Crippen LogP contribution in [0.1, 0.15) is 15.9 Å². The van der Waals surface area contributed by atoms with E-state index in [2.05, 4.69) is 14.7 Å². The molecular formula is C23H18N4O2S. The van der Waals surface area contributed by atoms with Gasteiger partial charge in [0.15, 0.2) is 4.96 Å². The maximum atomic E-state index is 12.5. The highest BCUT2D eigenvalue weighted by molar-refractivity contribution is 7.23. The summed E-state index contributed by atoms with van der Waals surface area (Å²) in [6.07, 6.45) is 5.49. The van der Waals surface area contributed by atoms with E-state index >= 15 is 0 Å². The number of imidazole rings is 1. The number of hydrogen-bond donors (Lipinski definition) is 1. The Morgan fingerprint density at radius 3 is 2.80 bits per heavy atom. The lowest BCUT2D eigenvalue weighted by Crippen LogP contribution is -2.22. The molecule has 0 unspecified atom stereocenters. The zero-order chi connectivity index (χ0) is 20.5. The van der Waals surface area contributed by atoms with Gasteiger partial charge >= 0.3 is 0 Å². The van der Waals surface area contributed by atoms with Gasteiger partial charge in [-0.3, -0.25) is 14.2 Å². The molecule has 7 heteroatoms. The first-order valence-electron chi connectivity index (χ1n) is 9.44. The number of ether oxygens (including phenoxy) is 1. The van der Waals surface area contributed by atoms with E-state index in [1.165, 1.54) is 0 Å². The summed E-state index contributed by atoms with van der Waals surface area (Å²) in [5, 5.41) is 2.94. The number of rotatable bonds is 5. The van der Waals surface area contributed by atoms with E-state index in [9.17, 15) is 4.79 Å². The molecule has 0 saturated carbocycles. The van der Waals surface area contributed by atoms with Crippen LogP contribution >= 0.6 is 11.3 Å². The van der Waals surface area contributed by atoms with Crippen molar-refractivity contribution in [2.24, 2.45) is 0 Å². The number of nitrogens with zero attached hydrogens (tertiary/aromatic N) is 3.